The number of benzene rings is 1. The van der Waals surface area contributed by atoms with Crippen molar-refractivity contribution in [2.45, 2.75) is 50.5 Å². The van der Waals surface area contributed by atoms with Gasteiger partial charge in [0, 0.05) is 18.8 Å². The lowest BCUT2D eigenvalue weighted by atomic mass is 10.2. The van der Waals surface area contributed by atoms with Gasteiger partial charge in [-0.05, 0) is 45.2 Å². The lowest BCUT2D eigenvalue weighted by Gasteiger charge is -2.17. The molecule has 0 fully saturated rings. The van der Waals surface area contributed by atoms with E-state index in [9.17, 15) is 18.0 Å². The largest absolute Gasteiger partial charge is 0.450 e. The molecule has 1 rings (SSSR count). The lowest BCUT2D eigenvalue weighted by Crippen LogP contribution is -2.47. The number of amides is 1. The third-order valence-corrected chi connectivity index (χ3v) is 5.51. The molecule has 0 heterocycles. The Labute approximate surface area is 173 Å². The van der Waals surface area contributed by atoms with Crippen molar-refractivity contribution in [3.63, 3.8) is 0 Å². The number of hydrogen-bond donors (Lipinski definition) is 3. The second kappa shape index (κ2) is 12.9. The zero-order valence-corrected chi connectivity index (χ0v) is 17.9. The smallest absolute Gasteiger partial charge is 0.407 e. The first-order valence-electron chi connectivity index (χ1n) is 9.60. The molecule has 0 aromatic heterocycles. The molecule has 0 aliphatic rings. The minimum absolute atomic E-state index is 0.0484. The van der Waals surface area contributed by atoms with Crippen LogP contribution in [0.4, 0.5) is 4.79 Å². The van der Waals surface area contributed by atoms with Crippen LogP contribution >= 0.6 is 0 Å². The summed E-state index contributed by atoms with van der Waals surface area (Å²) >= 11 is 0. The first kappa shape index (κ1) is 24.6. The summed E-state index contributed by atoms with van der Waals surface area (Å²) in [6.07, 6.45) is 3.01. The minimum Gasteiger partial charge on any atom is -0.450 e. The molecular formula is C20H31N3O5S. The highest BCUT2D eigenvalue weighted by atomic mass is 32.2. The number of carbonyl (C=O) groups excluding carboxylic acids is 2. The highest BCUT2D eigenvalue weighted by Crippen LogP contribution is 2.08. The van der Waals surface area contributed by atoms with Gasteiger partial charge in [-0.1, -0.05) is 31.2 Å². The van der Waals surface area contributed by atoms with Crippen LogP contribution in [0.15, 0.2) is 47.5 Å². The second-order valence-electron chi connectivity index (χ2n) is 6.74. The second-order valence-corrected chi connectivity index (χ2v) is 8.45. The Morgan fingerprint density at radius 2 is 1.69 bits per heavy atom. The molecule has 1 amide bonds. The molecule has 9 heteroatoms. The van der Waals surface area contributed by atoms with Gasteiger partial charge in [-0.25, -0.2) is 13.2 Å². The molecule has 0 aliphatic carbocycles. The standard InChI is InChI=1S/C20H31N3O5S/c1-16(2)21-13-9-4-5-10-14-28-20(25)22-15-19(17(3)24)23-29(26,27)18-11-7-6-8-12-18/h6-8,11-12,19,21,23H,1,4-5,9-10,13-15H2,2-3H3,(H,22,25). The third kappa shape index (κ3) is 10.7. The molecule has 0 radical (unpaired) electrons. The molecule has 8 nitrogen and oxygen atoms in total. The van der Waals surface area contributed by atoms with E-state index < -0.39 is 27.9 Å². The highest BCUT2D eigenvalue weighted by Gasteiger charge is 2.23. The van der Waals surface area contributed by atoms with Gasteiger partial charge in [0.25, 0.3) is 0 Å². The first-order chi connectivity index (χ1) is 13.7. The Bertz CT molecular complexity index is 766. The molecule has 1 unspecified atom stereocenters. The van der Waals surface area contributed by atoms with E-state index in [1.54, 1.807) is 18.2 Å². The maximum Gasteiger partial charge on any atom is 0.407 e. The summed E-state index contributed by atoms with van der Waals surface area (Å²) in [5.74, 6) is -0.409. The van der Waals surface area contributed by atoms with Crippen molar-refractivity contribution in [3.8, 4) is 0 Å². The molecule has 0 spiro atoms. The quantitative estimate of drug-likeness (QED) is 0.394. The fraction of sp³-hybridized carbons (Fsp3) is 0.500. The van der Waals surface area contributed by atoms with Crippen LogP contribution in [0.5, 0.6) is 0 Å². The number of unbranched alkanes of at least 4 members (excludes halogenated alkanes) is 3. The monoisotopic (exact) mass is 425 g/mol. The Kier molecular flexibility index (Phi) is 11.0. The Morgan fingerprint density at radius 3 is 2.31 bits per heavy atom. The van der Waals surface area contributed by atoms with Gasteiger partial charge >= 0.3 is 6.09 Å². The summed E-state index contributed by atoms with van der Waals surface area (Å²) in [6, 6.07) is 6.64. The summed E-state index contributed by atoms with van der Waals surface area (Å²) < 4.78 is 32.0. The van der Waals surface area contributed by atoms with E-state index in [0.717, 1.165) is 37.9 Å². The normalized spacial score (nSPS) is 12.1. The molecule has 0 bridgehead atoms. The van der Waals surface area contributed by atoms with Gasteiger partial charge in [-0.2, -0.15) is 4.72 Å². The summed E-state index contributed by atoms with van der Waals surface area (Å²) in [5, 5.41) is 5.58. The summed E-state index contributed by atoms with van der Waals surface area (Å²) in [7, 11) is -3.86. The number of sulfonamides is 1. The van der Waals surface area contributed by atoms with Crippen LogP contribution in [-0.4, -0.2) is 46.0 Å². The van der Waals surface area contributed by atoms with E-state index in [0.29, 0.717) is 0 Å². The molecule has 0 saturated carbocycles. The molecule has 162 valence electrons. The maximum absolute atomic E-state index is 12.3. The average molecular weight is 426 g/mol. The van der Waals surface area contributed by atoms with Crippen molar-refractivity contribution in [2.24, 2.45) is 0 Å². The molecule has 1 aromatic carbocycles. The summed E-state index contributed by atoms with van der Waals surface area (Å²) in [6.45, 7) is 7.89. The van der Waals surface area contributed by atoms with Gasteiger partial charge in [-0.3, -0.25) is 4.79 Å². The SMILES string of the molecule is C=C(C)NCCCCCCOC(=O)NCC(NS(=O)(=O)c1ccccc1)C(C)=O. The van der Waals surface area contributed by atoms with Gasteiger partial charge in [0.1, 0.15) is 5.78 Å². The van der Waals surface area contributed by atoms with E-state index in [-0.39, 0.29) is 18.0 Å². The molecule has 1 atom stereocenters. The average Bonchev–Trinajstić information content (AvgIpc) is 2.67. The number of allylic oxidation sites excluding steroid dienone is 1. The molecule has 0 aliphatic heterocycles. The lowest BCUT2D eigenvalue weighted by molar-refractivity contribution is -0.118. The predicted octanol–water partition coefficient (Wildman–Crippen LogP) is 2.33. The van der Waals surface area contributed by atoms with Crippen LogP contribution in [0.1, 0.15) is 39.5 Å². The number of Topliss-reactive ketones (excluding diaryl/α,β-unsaturated/α-hetero) is 1. The van der Waals surface area contributed by atoms with Gasteiger partial charge in [0.15, 0.2) is 0 Å². The molecule has 3 N–H and O–H groups in total. The van der Waals surface area contributed by atoms with Crippen LogP contribution < -0.4 is 15.4 Å². The van der Waals surface area contributed by atoms with Gasteiger partial charge in [-0.15, -0.1) is 0 Å². The Balaban J connectivity index is 2.30. The number of nitrogens with one attached hydrogen (secondary N) is 3. The maximum atomic E-state index is 12.3. The Hall–Kier alpha value is -2.39. The topological polar surface area (TPSA) is 114 Å². The van der Waals surface area contributed by atoms with Crippen LogP contribution in [0.2, 0.25) is 0 Å². The van der Waals surface area contributed by atoms with Crippen LogP contribution in [0, 0.1) is 0 Å². The van der Waals surface area contributed by atoms with Crippen molar-refractivity contribution in [3.05, 3.63) is 42.6 Å². The van der Waals surface area contributed by atoms with Crippen molar-refractivity contribution in [1.82, 2.24) is 15.4 Å². The van der Waals surface area contributed by atoms with Gasteiger partial charge in [0.05, 0.1) is 17.5 Å². The number of hydrogen-bond acceptors (Lipinski definition) is 6. The number of rotatable bonds is 14. The molecule has 29 heavy (non-hydrogen) atoms. The first-order valence-corrected chi connectivity index (χ1v) is 11.1. The van der Waals surface area contributed by atoms with E-state index in [1.165, 1.54) is 19.1 Å². The predicted molar refractivity (Wildman–Crippen MR) is 112 cm³/mol. The van der Waals surface area contributed by atoms with E-state index in [2.05, 4.69) is 21.9 Å². The number of ether oxygens (including phenoxy) is 1. The summed E-state index contributed by atoms with van der Waals surface area (Å²) in [5.41, 5.74) is 0.944. The highest BCUT2D eigenvalue weighted by molar-refractivity contribution is 7.89. The fourth-order valence-corrected chi connectivity index (χ4v) is 3.68. The van der Waals surface area contributed by atoms with E-state index in [1.807, 2.05) is 6.92 Å². The summed E-state index contributed by atoms with van der Waals surface area (Å²) in [4.78, 5) is 23.6. The fourth-order valence-electron chi connectivity index (χ4n) is 2.41. The van der Waals surface area contributed by atoms with Crippen molar-refractivity contribution in [1.29, 1.82) is 0 Å². The zero-order valence-electron chi connectivity index (χ0n) is 17.1. The third-order valence-electron chi connectivity index (χ3n) is 4.02. The molecular weight excluding hydrogens is 394 g/mol. The van der Waals surface area contributed by atoms with Crippen molar-refractivity contribution in [2.75, 3.05) is 19.7 Å². The van der Waals surface area contributed by atoms with E-state index in [4.69, 9.17) is 4.74 Å². The van der Waals surface area contributed by atoms with Crippen molar-refractivity contribution < 1.29 is 22.7 Å². The minimum atomic E-state index is -3.86. The molecule has 0 saturated heterocycles. The molecule has 1 aromatic rings. The van der Waals surface area contributed by atoms with Crippen molar-refractivity contribution >= 4 is 21.9 Å². The van der Waals surface area contributed by atoms with Gasteiger partial charge < -0.3 is 15.4 Å². The number of ketones is 1. The number of carbonyl (C=O) groups is 2. The van der Waals surface area contributed by atoms with Crippen LogP contribution in [-0.2, 0) is 19.6 Å². The Morgan fingerprint density at radius 1 is 1.03 bits per heavy atom. The van der Waals surface area contributed by atoms with Crippen LogP contribution in [0.25, 0.3) is 0 Å². The van der Waals surface area contributed by atoms with E-state index >= 15 is 0 Å². The number of alkyl carbamates (subject to hydrolysis) is 1. The zero-order chi connectivity index (χ0) is 21.7. The van der Waals surface area contributed by atoms with Crippen LogP contribution in [0.3, 0.4) is 0 Å². The van der Waals surface area contributed by atoms with Gasteiger partial charge in [0.2, 0.25) is 10.0 Å².